The van der Waals surface area contributed by atoms with Crippen LogP contribution >= 0.6 is 0 Å². The molecular weight excluding hydrogens is 258 g/mol. The first-order chi connectivity index (χ1) is 9.20. The first-order valence-corrected chi connectivity index (χ1v) is 6.91. The van der Waals surface area contributed by atoms with Crippen LogP contribution in [0.2, 0.25) is 0 Å². The van der Waals surface area contributed by atoms with Crippen molar-refractivity contribution in [3.8, 4) is 0 Å². The molecule has 1 amide bonds. The molecule has 1 N–H and O–H groups in total. The van der Waals surface area contributed by atoms with E-state index in [2.05, 4.69) is 11.9 Å². The van der Waals surface area contributed by atoms with Crippen LogP contribution in [0.1, 0.15) is 53.4 Å². The summed E-state index contributed by atoms with van der Waals surface area (Å²) in [5.41, 5.74) is -1.72. The van der Waals surface area contributed by atoms with Crippen LogP contribution in [0.4, 0.5) is 4.79 Å². The third-order valence-electron chi connectivity index (χ3n) is 2.77. The quantitative estimate of drug-likeness (QED) is 0.576. The van der Waals surface area contributed by atoms with E-state index in [0.29, 0.717) is 12.8 Å². The lowest BCUT2D eigenvalue weighted by Gasteiger charge is -2.32. The minimum Gasteiger partial charge on any atom is -0.467 e. The maximum absolute atomic E-state index is 12.1. The molecule has 0 spiro atoms. The summed E-state index contributed by atoms with van der Waals surface area (Å²) >= 11 is 0. The van der Waals surface area contributed by atoms with Crippen molar-refractivity contribution < 1.29 is 19.1 Å². The van der Waals surface area contributed by atoms with E-state index < -0.39 is 23.2 Å². The molecule has 0 aliphatic rings. The number of carbonyl (C=O) groups is 2. The Bertz CT molecular complexity index is 346. The zero-order valence-electron chi connectivity index (χ0n) is 13.2. The molecule has 20 heavy (non-hydrogen) atoms. The Morgan fingerprint density at radius 3 is 2.30 bits per heavy atom. The molecule has 1 atom stereocenters. The average Bonchev–Trinajstić information content (AvgIpc) is 2.32. The summed E-state index contributed by atoms with van der Waals surface area (Å²) in [6.07, 6.45) is 3.47. The molecule has 5 heteroatoms. The minimum atomic E-state index is -1.10. The zero-order valence-corrected chi connectivity index (χ0v) is 13.2. The number of ether oxygens (including phenoxy) is 2. The molecular formula is C15H27NO4. The van der Waals surface area contributed by atoms with E-state index in [1.165, 1.54) is 7.11 Å². The summed E-state index contributed by atoms with van der Waals surface area (Å²) in [6, 6.07) is 0. The van der Waals surface area contributed by atoms with Crippen molar-refractivity contribution in [2.75, 3.05) is 7.11 Å². The van der Waals surface area contributed by atoms with Gasteiger partial charge < -0.3 is 14.8 Å². The van der Waals surface area contributed by atoms with Crippen LogP contribution in [-0.2, 0) is 14.3 Å². The van der Waals surface area contributed by atoms with Crippen LogP contribution in [0.15, 0.2) is 12.7 Å². The highest BCUT2D eigenvalue weighted by atomic mass is 16.6. The van der Waals surface area contributed by atoms with Crippen LogP contribution in [0.5, 0.6) is 0 Å². The van der Waals surface area contributed by atoms with Crippen molar-refractivity contribution in [2.24, 2.45) is 0 Å². The molecule has 5 nitrogen and oxygen atoms in total. The summed E-state index contributed by atoms with van der Waals surface area (Å²) in [5, 5.41) is 2.67. The van der Waals surface area contributed by atoms with E-state index in [4.69, 9.17) is 9.47 Å². The van der Waals surface area contributed by atoms with Gasteiger partial charge in [0.15, 0.2) is 0 Å². The Morgan fingerprint density at radius 1 is 1.30 bits per heavy atom. The molecule has 0 aliphatic heterocycles. The molecule has 0 aromatic rings. The highest BCUT2D eigenvalue weighted by Crippen LogP contribution is 2.22. The normalized spacial score (nSPS) is 14.1. The molecule has 0 saturated heterocycles. The van der Waals surface area contributed by atoms with E-state index in [1.54, 1.807) is 26.8 Å². The van der Waals surface area contributed by atoms with E-state index >= 15 is 0 Å². The molecule has 0 aliphatic carbocycles. The van der Waals surface area contributed by atoms with Gasteiger partial charge in [0.1, 0.15) is 11.1 Å². The van der Waals surface area contributed by atoms with Crippen LogP contribution in [-0.4, -0.2) is 30.3 Å². The van der Waals surface area contributed by atoms with Gasteiger partial charge in [-0.1, -0.05) is 25.8 Å². The molecule has 116 valence electrons. The van der Waals surface area contributed by atoms with Crippen molar-refractivity contribution in [2.45, 2.75) is 64.5 Å². The molecule has 0 rings (SSSR count). The second-order valence-corrected chi connectivity index (χ2v) is 5.80. The van der Waals surface area contributed by atoms with Crippen molar-refractivity contribution in [3.63, 3.8) is 0 Å². The third kappa shape index (κ3) is 6.08. The van der Waals surface area contributed by atoms with Gasteiger partial charge in [-0.15, -0.1) is 6.58 Å². The second kappa shape index (κ2) is 7.92. The van der Waals surface area contributed by atoms with Gasteiger partial charge in [-0.25, -0.2) is 9.59 Å². The molecule has 0 saturated carbocycles. The molecule has 0 radical (unpaired) electrons. The number of hydrogen-bond donors (Lipinski definition) is 1. The SMILES string of the molecule is C=CC[C@@](CCCC)(NC(=O)OC(C)(C)C)C(=O)OC. The number of unbranched alkanes of at least 4 members (excludes halogenated alkanes) is 1. The van der Waals surface area contributed by atoms with Gasteiger partial charge in [-0.05, 0) is 33.6 Å². The first kappa shape index (κ1) is 18.5. The fourth-order valence-electron chi connectivity index (χ4n) is 1.87. The lowest BCUT2D eigenvalue weighted by molar-refractivity contribution is -0.149. The Morgan fingerprint density at radius 2 is 1.90 bits per heavy atom. The number of hydrogen-bond acceptors (Lipinski definition) is 4. The fourth-order valence-corrected chi connectivity index (χ4v) is 1.87. The number of alkyl carbamates (subject to hydrolysis) is 1. The van der Waals surface area contributed by atoms with E-state index in [1.807, 2.05) is 6.92 Å². The van der Waals surface area contributed by atoms with Crippen LogP contribution in [0.25, 0.3) is 0 Å². The molecule has 0 fully saturated rings. The first-order valence-electron chi connectivity index (χ1n) is 6.91. The predicted molar refractivity (Wildman–Crippen MR) is 78.5 cm³/mol. The van der Waals surface area contributed by atoms with Crippen molar-refractivity contribution in [1.29, 1.82) is 0 Å². The number of carbonyl (C=O) groups excluding carboxylic acids is 2. The Balaban J connectivity index is 5.11. The average molecular weight is 285 g/mol. The number of nitrogens with one attached hydrogen (secondary N) is 1. The minimum absolute atomic E-state index is 0.304. The van der Waals surface area contributed by atoms with Crippen LogP contribution < -0.4 is 5.32 Å². The highest BCUT2D eigenvalue weighted by Gasteiger charge is 2.40. The number of esters is 1. The van der Waals surface area contributed by atoms with Gasteiger partial charge in [-0.2, -0.15) is 0 Å². The summed E-state index contributed by atoms with van der Waals surface area (Å²) < 4.78 is 10.1. The van der Waals surface area contributed by atoms with Gasteiger partial charge in [0.05, 0.1) is 7.11 Å². The molecule has 0 bridgehead atoms. The Hall–Kier alpha value is -1.52. The smallest absolute Gasteiger partial charge is 0.408 e. The monoisotopic (exact) mass is 285 g/mol. The molecule has 0 unspecified atom stereocenters. The topological polar surface area (TPSA) is 64.6 Å². The van der Waals surface area contributed by atoms with Gasteiger partial charge >= 0.3 is 12.1 Å². The molecule has 0 heterocycles. The number of amides is 1. The van der Waals surface area contributed by atoms with E-state index in [-0.39, 0.29) is 0 Å². The third-order valence-corrected chi connectivity index (χ3v) is 2.77. The maximum atomic E-state index is 12.1. The largest absolute Gasteiger partial charge is 0.467 e. The maximum Gasteiger partial charge on any atom is 0.408 e. The number of methoxy groups -OCH3 is 1. The second-order valence-electron chi connectivity index (χ2n) is 5.80. The van der Waals surface area contributed by atoms with Crippen molar-refractivity contribution >= 4 is 12.1 Å². The lowest BCUT2D eigenvalue weighted by atomic mass is 9.89. The standard InChI is InChI=1S/C15H27NO4/c1-7-9-11-15(10-8-2,12(17)19-6)16-13(18)20-14(3,4)5/h8H,2,7,9-11H2,1,3-6H3,(H,16,18)/t15-/m0/s1. The van der Waals surface area contributed by atoms with Crippen molar-refractivity contribution in [3.05, 3.63) is 12.7 Å². The summed E-state index contributed by atoms with van der Waals surface area (Å²) in [6.45, 7) is 11.0. The summed E-state index contributed by atoms with van der Waals surface area (Å²) in [5.74, 6) is -0.475. The van der Waals surface area contributed by atoms with E-state index in [9.17, 15) is 9.59 Å². The van der Waals surface area contributed by atoms with Gasteiger partial charge in [0.2, 0.25) is 0 Å². The van der Waals surface area contributed by atoms with Crippen LogP contribution in [0.3, 0.4) is 0 Å². The molecule has 0 aromatic carbocycles. The molecule has 0 aromatic heterocycles. The zero-order chi connectivity index (χ0) is 15.8. The number of rotatable bonds is 7. The Labute approximate surface area is 121 Å². The summed E-state index contributed by atoms with van der Waals surface area (Å²) in [4.78, 5) is 24.0. The van der Waals surface area contributed by atoms with Gasteiger partial charge in [0, 0.05) is 0 Å². The van der Waals surface area contributed by atoms with Gasteiger partial charge in [-0.3, -0.25) is 0 Å². The Kier molecular flexibility index (Phi) is 7.32. The van der Waals surface area contributed by atoms with Crippen LogP contribution in [0, 0.1) is 0 Å². The van der Waals surface area contributed by atoms with Gasteiger partial charge in [0.25, 0.3) is 0 Å². The van der Waals surface area contributed by atoms with Crippen molar-refractivity contribution in [1.82, 2.24) is 5.32 Å². The predicted octanol–water partition coefficient (Wildman–Crippen LogP) is 3.19. The fraction of sp³-hybridized carbons (Fsp3) is 0.733. The highest BCUT2D eigenvalue weighted by molar-refractivity contribution is 5.86. The van der Waals surface area contributed by atoms with E-state index in [0.717, 1.165) is 12.8 Å². The lowest BCUT2D eigenvalue weighted by Crippen LogP contribution is -2.55. The summed E-state index contributed by atoms with van der Waals surface area (Å²) in [7, 11) is 1.31.